The number of aromatic nitrogens is 1. The minimum atomic E-state index is -1.34. The maximum Gasteiger partial charge on any atom is 0.329 e. The standard InChI is InChI=1S/C26H39N5O6S2/c1-14(2)20(27)24(35)38-10-8-7-9-16-11-18(32)28-12-19-29-17(13-39-19)22(33)31-26(5,6)25(36)30-21(15(3)4)23(34)37-16/h7,9,13-16,20-21H,8,10-12,27H2,1-6H3,(H,28,32)(H,30,36)(H,31,33)/p+1/b9-7+/t16-,20+,21+/m1/s1. The highest BCUT2D eigenvalue weighted by atomic mass is 32.2. The van der Waals surface area contributed by atoms with Crippen LogP contribution in [0.15, 0.2) is 17.5 Å². The van der Waals surface area contributed by atoms with Crippen molar-refractivity contribution in [3.05, 3.63) is 28.2 Å². The van der Waals surface area contributed by atoms with Gasteiger partial charge in [-0.15, -0.1) is 11.3 Å². The predicted octanol–water partition coefficient (Wildman–Crippen LogP) is 1.20. The second-order valence-electron chi connectivity index (χ2n) is 10.6. The van der Waals surface area contributed by atoms with Crippen molar-refractivity contribution in [2.24, 2.45) is 11.8 Å². The summed E-state index contributed by atoms with van der Waals surface area (Å²) in [5.41, 5.74) is 2.70. The molecular weight excluding hydrogens is 542 g/mol. The number of carbonyl (C=O) groups is 5. The Hall–Kier alpha value is -2.77. The Morgan fingerprint density at radius 3 is 2.59 bits per heavy atom. The zero-order chi connectivity index (χ0) is 29.3. The van der Waals surface area contributed by atoms with Crippen molar-refractivity contribution in [1.82, 2.24) is 20.9 Å². The summed E-state index contributed by atoms with van der Waals surface area (Å²) in [4.78, 5) is 68.0. The fourth-order valence-electron chi connectivity index (χ4n) is 3.38. The lowest BCUT2D eigenvalue weighted by Gasteiger charge is -2.29. The number of esters is 1. The summed E-state index contributed by atoms with van der Waals surface area (Å²) < 4.78 is 5.67. The SMILES string of the molecule is CC(C)[C@H]([NH3+])C(=O)SCC/C=C/[C@@H]1CC(=O)NCc2nc(cs2)C(=O)NC(C)(C)C(=O)N[C@@H](C(C)C)C(=O)O1. The molecule has 2 rings (SSSR count). The Balaban J connectivity index is 2.22. The molecule has 2 bridgehead atoms. The molecular formula is C26H40N5O6S2+. The Morgan fingerprint density at radius 2 is 1.95 bits per heavy atom. The number of hydrogen-bond acceptors (Lipinski definition) is 9. The largest absolute Gasteiger partial charge is 0.456 e. The van der Waals surface area contributed by atoms with Crippen LogP contribution in [0.2, 0.25) is 0 Å². The van der Waals surface area contributed by atoms with Gasteiger partial charge in [-0.2, -0.15) is 0 Å². The number of nitrogens with one attached hydrogen (secondary N) is 3. The van der Waals surface area contributed by atoms with Crippen LogP contribution in [-0.2, 0) is 30.5 Å². The molecule has 0 saturated carbocycles. The van der Waals surface area contributed by atoms with Gasteiger partial charge in [0.2, 0.25) is 16.9 Å². The molecule has 0 aromatic carbocycles. The molecule has 3 amide bonds. The van der Waals surface area contributed by atoms with Crippen molar-refractivity contribution in [2.45, 2.75) is 84.7 Å². The van der Waals surface area contributed by atoms with Crippen LogP contribution in [0, 0.1) is 11.8 Å². The first-order chi connectivity index (χ1) is 18.2. The summed E-state index contributed by atoms with van der Waals surface area (Å²) in [5, 5.41) is 10.2. The van der Waals surface area contributed by atoms with Crippen LogP contribution in [0.3, 0.4) is 0 Å². The normalized spacial score (nSPS) is 21.9. The molecule has 1 aliphatic heterocycles. The topological polar surface area (TPSA) is 171 Å². The molecule has 6 N–H and O–H groups in total. The van der Waals surface area contributed by atoms with Gasteiger partial charge < -0.3 is 26.4 Å². The van der Waals surface area contributed by atoms with Gasteiger partial charge in [0.05, 0.1) is 13.0 Å². The van der Waals surface area contributed by atoms with Crippen molar-refractivity contribution in [3.63, 3.8) is 0 Å². The number of hydrogen-bond donors (Lipinski definition) is 4. The van der Waals surface area contributed by atoms with E-state index in [-0.39, 0.29) is 47.6 Å². The molecule has 0 radical (unpaired) electrons. The van der Waals surface area contributed by atoms with Gasteiger partial charge in [-0.3, -0.25) is 19.2 Å². The van der Waals surface area contributed by atoms with Crippen LogP contribution in [0.5, 0.6) is 0 Å². The number of rotatable bonds is 7. The van der Waals surface area contributed by atoms with Crippen LogP contribution < -0.4 is 21.7 Å². The summed E-state index contributed by atoms with van der Waals surface area (Å²) in [7, 11) is 0. The zero-order valence-electron chi connectivity index (χ0n) is 23.4. The van der Waals surface area contributed by atoms with Crippen LogP contribution in [-0.4, -0.2) is 63.3 Å². The van der Waals surface area contributed by atoms with Crippen LogP contribution >= 0.6 is 23.1 Å². The van der Waals surface area contributed by atoms with Crippen LogP contribution in [0.25, 0.3) is 0 Å². The Bertz CT molecular complexity index is 1080. The Labute approximate surface area is 237 Å². The molecule has 3 atom stereocenters. The van der Waals surface area contributed by atoms with Crippen molar-refractivity contribution in [2.75, 3.05) is 5.75 Å². The Morgan fingerprint density at radius 1 is 1.26 bits per heavy atom. The van der Waals surface area contributed by atoms with Crippen molar-refractivity contribution in [1.29, 1.82) is 0 Å². The van der Waals surface area contributed by atoms with E-state index in [1.807, 2.05) is 13.8 Å². The van der Waals surface area contributed by atoms with E-state index in [1.165, 1.54) is 36.9 Å². The molecule has 2 heterocycles. The highest BCUT2D eigenvalue weighted by Gasteiger charge is 2.36. The maximum atomic E-state index is 13.1. The highest BCUT2D eigenvalue weighted by Crippen LogP contribution is 2.16. The number of nitrogens with zero attached hydrogens (tertiary/aromatic N) is 1. The number of carbonyl (C=O) groups excluding carboxylic acids is 5. The second kappa shape index (κ2) is 14.6. The first-order valence-electron chi connectivity index (χ1n) is 12.9. The molecule has 13 heteroatoms. The van der Waals surface area contributed by atoms with Gasteiger partial charge in [0, 0.05) is 17.1 Å². The Kier molecular flexibility index (Phi) is 12.1. The first-order valence-corrected chi connectivity index (χ1v) is 14.8. The highest BCUT2D eigenvalue weighted by molar-refractivity contribution is 8.13. The van der Waals surface area contributed by atoms with Crippen molar-refractivity contribution >= 4 is 51.9 Å². The number of ether oxygens (including phenoxy) is 1. The number of thioether (sulfide) groups is 1. The average molecular weight is 583 g/mol. The average Bonchev–Trinajstić information content (AvgIpc) is 3.33. The van der Waals surface area contributed by atoms with Crippen molar-refractivity contribution < 1.29 is 34.4 Å². The van der Waals surface area contributed by atoms with Gasteiger partial charge >= 0.3 is 5.97 Å². The smallest absolute Gasteiger partial charge is 0.329 e. The lowest BCUT2D eigenvalue weighted by molar-refractivity contribution is -0.411. The number of fused-ring (bicyclic) bond motifs is 2. The summed E-state index contributed by atoms with van der Waals surface area (Å²) >= 11 is 2.41. The third kappa shape index (κ3) is 10.0. The first kappa shape index (κ1) is 32.4. The van der Waals surface area contributed by atoms with Crippen molar-refractivity contribution in [3.8, 4) is 0 Å². The fourth-order valence-corrected chi connectivity index (χ4v) is 5.03. The molecule has 0 unspecified atom stereocenters. The molecule has 0 saturated heterocycles. The zero-order valence-corrected chi connectivity index (χ0v) is 25.0. The minimum absolute atomic E-state index is 0.0221. The predicted molar refractivity (Wildman–Crippen MR) is 150 cm³/mol. The number of quaternary nitrogens is 1. The summed E-state index contributed by atoms with van der Waals surface area (Å²) in [6.45, 7) is 10.6. The molecule has 216 valence electrons. The lowest BCUT2D eigenvalue weighted by Crippen LogP contribution is -2.66. The van der Waals surface area contributed by atoms with Gasteiger partial charge in [0.1, 0.15) is 28.4 Å². The molecule has 1 aromatic rings. The summed E-state index contributed by atoms with van der Waals surface area (Å²) in [5.74, 6) is -1.82. The summed E-state index contributed by atoms with van der Waals surface area (Å²) in [6, 6.07) is -1.29. The molecule has 11 nitrogen and oxygen atoms in total. The molecule has 1 aromatic heterocycles. The third-order valence-electron chi connectivity index (χ3n) is 6.06. The maximum absolute atomic E-state index is 13.1. The van der Waals surface area contributed by atoms with E-state index < -0.39 is 35.5 Å². The van der Waals surface area contributed by atoms with E-state index >= 15 is 0 Å². The number of thiazole rings is 1. The second-order valence-corrected chi connectivity index (χ2v) is 12.6. The van der Waals surface area contributed by atoms with E-state index in [1.54, 1.807) is 31.4 Å². The quantitative estimate of drug-likeness (QED) is 0.211. The molecule has 1 aliphatic rings. The van der Waals surface area contributed by atoms with E-state index in [9.17, 15) is 24.0 Å². The van der Waals surface area contributed by atoms with E-state index in [4.69, 9.17) is 4.74 Å². The molecule has 39 heavy (non-hydrogen) atoms. The number of amides is 3. The van der Waals surface area contributed by atoms with E-state index in [2.05, 4.69) is 26.7 Å². The molecule has 0 spiro atoms. The monoisotopic (exact) mass is 582 g/mol. The minimum Gasteiger partial charge on any atom is -0.456 e. The van der Waals surface area contributed by atoms with Gasteiger partial charge in [-0.1, -0.05) is 45.5 Å². The molecule has 0 fully saturated rings. The fraction of sp³-hybridized carbons (Fsp3) is 0.615. The number of allylic oxidation sites excluding steroid dienone is 1. The van der Waals surface area contributed by atoms with E-state index in [0.29, 0.717) is 17.2 Å². The third-order valence-corrected chi connectivity index (χ3v) is 7.94. The lowest BCUT2D eigenvalue weighted by atomic mass is 9.99. The van der Waals surface area contributed by atoms with E-state index in [0.717, 1.165) is 0 Å². The van der Waals surface area contributed by atoms with Crippen LogP contribution in [0.4, 0.5) is 0 Å². The van der Waals surface area contributed by atoms with Gasteiger partial charge in [-0.25, -0.2) is 9.78 Å². The number of cyclic esters (lactones) is 1. The molecule has 0 aliphatic carbocycles. The summed E-state index contributed by atoms with van der Waals surface area (Å²) in [6.07, 6.45) is 2.88. The van der Waals surface area contributed by atoms with Gasteiger partial charge in [-0.05, 0) is 32.3 Å². The van der Waals surface area contributed by atoms with Gasteiger partial charge in [0.15, 0.2) is 6.04 Å². The van der Waals surface area contributed by atoms with Crippen LogP contribution in [0.1, 0.15) is 69.9 Å². The van der Waals surface area contributed by atoms with Gasteiger partial charge in [0.25, 0.3) is 5.91 Å².